The molecule has 0 heterocycles. The minimum absolute atomic E-state index is 0. The van der Waals surface area contributed by atoms with Gasteiger partial charge in [0.25, 0.3) is 0 Å². The molecule has 0 amide bonds. The van der Waals surface area contributed by atoms with E-state index < -0.39 is 18.4 Å². The number of aliphatic carboxylic acids is 2. The number of hydrogen-bond acceptors (Lipinski definition) is 2. The summed E-state index contributed by atoms with van der Waals surface area (Å²) < 4.78 is 11.7. The van der Waals surface area contributed by atoms with Crippen LogP contribution in [0.3, 0.4) is 0 Å². The molecular weight excluding hydrogens is 227 g/mol. The Hall–Kier alpha value is -1.14. The van der Waals surface area contributed by atoms with Crippen molar-refractivity contribution in [2.75, 3.05) is 0 Å². The Morgan fingerprint density at radius 1 is 1.12 bits per heavy atom. The molecule has 16 heavy (non-hydrogen) atoms. The number of carboxylic acids is 2. The summed E-state index contributed by atoms with van der Waals surface area (Å²) in [6.07, 6.45) is -0.806. The quantitative estimate of drug-likeness (QED) is 0.621. The second-order valence-electron chi connectivity index (χ2n) is 2.58. The van der Waals surface area contributed by atoms with E-state index in [1.807, 2.05) is 18.2 Å². The van der Waals surface area contributed by atoms with Gasteiger partial charge in [-0.15, -0.1) is 0 Å². The SMILES string of the molecule is FCc1ccccc1.O=C(O)CC(=O)O.[H-].[H-].[Mg+2]. The third-order valence-corrected chi connectivity index (χ3v) is 1.30. The van der Waals surface area contributed by atoms with E-state index in [9.17, 15) is 14.0 Å². The van der Waals surface area contributed by atoms with Crippen molar-refractivity contribution >= 4 is 35.0 Å². The first-order valence-electron chi connectivity index (χ1n) is 4.09. The number of carbonyl (C=O) groups is 2. The van der Waals surface area contributed by atoms with Crippen molar-refractivity contribution in [3.05, 3.63) is 35.9 Å². The van der Waals surface area contributed by atoms with Crippen molar-refractivity contribution in [1.29, 1.82) is 0 Å². The van der Waals surface area contributed by atoms with Crippen molar-refractivity contribution in [3.63, 3.8) is 0 Å². The van der Waals surface area contributed by atoms with Crippen LogP contribution in [0.5, 0.6) is 0 Å². The molecule has 0 spiro atoms. The van der Waals surface area contributed by atoms with Crippen molar-refractivity contribution in [2.45, 2.75) is 13.1 Å². The Morgan fingerprint density at radius 3 is 1.75 bits per heavy atom. The maximum absolute atomic E-state index is 11.7. The zero-order valence-corrected chi connectivity index (χ0v) is 10.0. The number of benzene rings is 1. The van der Waals surface area contributed by atoms with Gasteiger partial charge in [0.05, 0.1) is 0 Å². The van der Waals surface area contributed by atoms with Crippen LogP contribution < -0.4 is 0 Å². The fraction of sp³-hybridized carbons (Fsp3) is 0.200. The molecule has 1 rings (SSSR count). The second-order valence-corrected chi connectivity index (χ2v) is 2.58. The van der Waals surface area contributed by atoms with Crippen LogP contribution in [0.1, 0.15) is 14.8 Å². The first-order valence-corrected chi connectivity index (χ1v) is 4.09. The average Bonchev–Trinajstić information content (AvgIpc) is 2.18. The second kappa shape index (κ2) is 10.4. The van der Waals surface area contributed by atoms with E-state index in [1.54, 1.807) is 12.1 Å². The summed E-state index contributed by atoms with van der Waals surface area (Å²) in [5.74, 6) is -2.62. The molecule has 0 aromatic heterocycles. The molecule has 0 saturated carbocycles. The summed E-state index contributed by atoms with van der Waals surface area (Å²) in [7, 11) is 0. The molecule has 1 aromatic carbocycles. The van der Waals surface area contributed by atoms with Gasteiger partial charge in [0.1, 0.15) is 13.1 Å². The molecule has 0 radical (unpaired) electrons. The fourth-order valence-electron chi connectivity index (χ4n) is 0.696. The van der Waals surface area contributed by atoms with Crippen LogP contribution in [-0.4, -0.2) is 45.2 Å². The molecule has 86 valence electrons. The minimum Gasteiger partial charge on any atom is -1.00 e. The monoisotopic (exact) mass is 240 g/mol. The van der Waals surface area contributed by atoms with E-state index in [4.69, 9.17) is 10.2 Å². The Labute approximate surface area is 111 Å². The maximum atomic E-state index is 11.7. The van der Waals surface area contributed by atoms with Gasteiger partial charge in [-0.05, 0) is 5.56 Å². The molecule has 0 atom stereocenters. The fourth-order valence-corrected chi connectivity index (χ4v) is 0.696. The number of rotatable bonds is 3. The molecule has 0 unspecified atom stereocenters. The van der Waals surface area contributed by atoms with E-state index in [0.29, 0.717) is 0 Å². The first-order chi connectivity index (χ1) is 7.06. The average molecular weight is 241 g/mol. The van der Waals surface area contributed by atoms with E-state index in [0.717, 1.165) is 5.56 Å². The third-order valence-electron chi connectivity index (χ3n) is 1.30. The molecule has 0 aliphatic carbocycles. The zero-order valence-electron chi connectivity index (χ0n) is 10.6. The summed E-state index contributed by atoms with van der Waals surface area (Å²) >= 11 is 0. The Kier molecular flexibility index (Phi) is 11.2. The molecule has 6 heteroatoms. The number of carboxylic acid groups (broad SMARTS) is 2. The molecule has 1 aromatic rings. The smallest absolute Gasteiger partial charge is 1.00 e. The maximum Gasteiger partial charge on any atom is 2.00 e. The van der Waals surface area contributed by atoms with Crippen LogP contribution in [0.4, 0.5) is 4.39 Å². The molecule has 0 aliphatic heterocycles. The van der Waals surface area contributed by atoms with Gasteiger partial charge in [0.15, 0.2) is 0 Å². The van der Waals surface area contributed by atoms with Crippen LogP contribution in [0.15, 0.2) is 30.3 Å². The van der Waals surface area contributed by atoms with Crippen LogP contribution in [0.25, 0.3) is 0 Å². The van der Waals surface area contributed by atoms with E-state index in [1.165, 1.54) is 0 Å². The van der Waals surface area contributed by atoms with Crippen molar-refractivity contribution < 1.29 is 27.0 Å². The van der Waals surface area contributed by atoms with Crippen molar-refractivity contribution in [1.82, 2.24) is 0 Å². The van der Waals surface area contributed by atoms with Crippen LogP contribution in [-0.2, 0) is 16.3 Å². The number of alkyl halides is 1. The normalized spacial score (nSPS) is 8.06. The van der Waals surface area contributed by atoms with Gasteiger partial charge in [-0.1, -0.05) is 30.3 Å². The van der Waals surface area contributed by atoms with Gasteiger partial charge in [-0.25, -0.2) is 4.39 Å². The molecule has 4 nitrogen and oxygen atoms in total. The van der Waals surface area contributed by atoms with Gasteiger partial charge in [-0.3, -0.25) is 9.59 Å². The Morgan fingerprint density at radius 2 is 1.56 bits per heavy atom. The van der Waals surface area contributed by atoms with Crippen LogP contribution in [0, 0.1) is 0 Å². The largest absolute Gasteiger partial charge is 2.00 e. The summed E-state index contributed by atoms with van der Waals surface area (Å²) in [4.78, 5) is 18.9. The predicted octanol–water partition coefficient (Wildman–Crippen LogP) is 1.55. The van der Waals surface area contributed by atoms with Gasteiger partial charge in [0, 0.05) is 0 Å². The van der Waals surface area contributed by atoms with Crippen LogP contribution >= 0.6 is 0 Å². The van der Waals surface area contributed by atoms with Gasteiger partial charge in [-0.2, -0.15) is 0 Å². The summed E-state index contributed by atoms with van der Waals surface area (Å²) in [6.45, 7) is -0.360. The first kappa shape index (κ1) is 17.3. The summed E-state index contributed by atoms with van der Waals surface area (Å²) in [5.41, 5.74) is 0.743. The Bertz CT molecular complexity index is 313. The predicted molar refractivity (Wildman–Crippen MR) is 59.1 cm³/mol. The number of hydrogen-bond donors (Lipinski definition) is 2. The molecule has 0 bridgehead atoms. The minimum atomic E-state index is -1.31. The molecule has 0 aliphatic rings. The summed E-state index contributed by atoms with van der Waals surface area (Å²) in [6, 6.07) is 9.06. The third kappa shape index (κ3) is 10.9. The van der Waals surface area contributed by atoms with Gasteiger partial charge < -0.3 is 13.1 Å². The van der Waals surface area contributed by atoms with E-state index in [2.05, 4.69) is 0 Å². The Balaban J connectivity index is -0.0000000942. The molecule has 0 fully saturated rings. The molecule has 2 N–H and O–H groups in total. The topological polar surface area (TPSA) is 74.6 Å². The van der Waals surface area contributed by atoms with E-state index >= 15 is 0 Å². The standard InChI is InChI=1S/C7H7F.C3H4O4.Mg.2H/c8-6-7-4-2-1-3-5-7;4-2(5)1-3(6)7;;;/h1-5H,6H2;1H2,(H,4,5)(H,6,7);;;/q;;+2;2*-1. The molecule has 0 saturated heterocycles. The van der Waals surface area contributed by atoms with Crippen LogP contribution in [0.2, 0.25) is 0 Å². The van der Waals surface area contributed by atoms with Crippen molar-refractivity contribution in [2.24, 2.45) is 0 Å². The summed E-state index contributed by atoms with van der Waals surface area (Å²) in [5, 5.41) is 15.4. The van der Waals surface area contributed by atoms with Crippen molar-refractivity contribution in [3.8, 4) is 0 Å². The van der Waals surface area contributed by atoms with Gasteiger partial charge in [0.2, 0.25) is 0 Å². The number of halogens is 1. The zero-order chi connectivity index (χ0) is 11.7. The van der Waals surface area contributed by atoms with E-state index in [-0.39, 0.29) is 32.6 Å². The molecular formula is C10H13FMgO4. The van der Waals surface area contributed by atoms with Gasteiger partial charge >= 0.3 is 35.0 Å².